The number of hydrazone groups is 1. The molecule has 2 aliphatic heterocycles. The molecular weight excluding hydrogens is 388 g/mol. The summed E-state index contributed by atoms with van der Waals surface area (Å²) >= 11 is 0. The molecule has 2 aliphatic rings. The average molecular weight is 413 g/mol. The van der Waals surface area contributed by atoms with E-state index in [4.69, 9.17) is 4.74 Å². The van der Waals surface area contributed by atoms with E-state index in [1.807, 2.05) is 18.7 Å². The SMILES string of the molecule is CC1CN(CC(=O)N2N=C(c3ccc(F)cc3)CC2c2ccccc2F)CC(C)O1. The molecule has 0 aliphatic carbocycles. The summed E-state index contributed by atoms with van der Waals surface area (Å²) in [7, 11) is 0. The summed E-state index contributed by atoms with van der Waals surface area (Å²) in [5.74, 6) is -0.905. The molecule has 3 atom stereocenters. The molecule has 0 radical (unpaired) electrons. The van der Waals surface area contributed by atoms with E-state index in [1.165, 1.54) is 23.2 Å². The molecule has 2 aromatic carbocycles. The fraction of sp³-hybridized carbons (Fsp3) is 0.391. The van der Waals surface area contributed by atoms with Crippen LogP contribution in [-0.4, -0.2) is 53.4 Å². The Balaban J connectivity index is 1.60. The van der Waals surface area contributed by atoms with E-state index in [0.717, 1.165) is 5.56 Å². The zero-order valence-corrected chi connectivity index (χ0v) is 17.1. The van der Waals surface area contributed by atoms with Crippen LogP contribution in [0.15, 0.2) is 53.6 Å². The topological polar surface area (TPSA) is 45.1 Å². The lowest BCUT2D eigenvalue weighted by Gasteiger charge is -2.35. The van der Waals surface area contributed by atoms with Gasteiger partial charge in [0, 0.05) is 25.1 Å². The largest absolute Gasteiger partial charge is 0.373 e. The van der Waals surface area contributed by atoms with Crippen LogP contribution in [0.25, 0.3) is 0 Å². The van der Waals surface area contributed by atoms with Gasteiger partial charge in [-0.1, -0.05) is 30.3 Å². The molecule has 7 heteroatoms. The Kier molecular flexibility index (Phi) is 5.92. The van der Waals surface area contributed by atoms with E-state index in [1.54, 1.807) is 30.3 Å². The maximum Gasteiger partial charge on any atom is 0.257 e. The highest BCUT2D eigenvalue weighted by molar-refractivity contribution is 6.03. The van der Waals surface area contributed by atoms with Crippen LogP contribution in [0.1, 0.15) is 37.4 Å². The van der Waals surface area contributed by atoms with Crippen LogP contribution in [0.5, 0.6) is 0 Å². The minimum atomic E-state index is -0.533. The summed E-state index contributed by atoms with van der Waals surface area (Å²) in [6, 6.07) is 11.9. The Labute approximate surface area is 174 Å². The number of morpholine rings is 1. The molecule has 1 saturated heterocycles. The molecule has 30 heavy (non-hydrogen) atoms. The number of hydrogen-bond donors (Lipinski definition) is 0. The molecule has 4 rings (SSSR count). The van der Waals surface area contributed by atoms with Crippen LogP contribution >= 0.6 is 0 Å². The van der Waals surface area contributed by atoms with E-state index in [9.17, 15) is 13.6 Å². The number of ether oxygens (including phenoxy) is 1. The molecular formula is C23H25F2N3O2. The smallest absolute Gasteiger partial charge is 0.257 e. The fourth-order valence-electron chi connectivity index (χ4n) is 4.22. The highest BCUT2D eigenvalue weighted by atomic mass is 19.1. The zero-order chi connectivity index (χ0) is 21.3. The minimum Gasteiger partial charge on any atom is -0.373 e. The highest BCUT2D eigenvalue weighted by Gasteiger charge is 2.36. The maximum atomic E-state index is 14.6. The van der Waals surface area contributed by atoms with Gasteiger partial charge >= 0.3 is 0 Å². The molecule has 0 aromatic heterocycles. The van der Waals surface area contributed by atoms with Crippen molar-refractivity contribution in [3.63, 3.8) is 0 Å². The number of benzene rings is 2. The first-order valence-electron chi connectivity index (χ1n) is 10.2. The van der Waals surface area contributed by atoms with Gasteiger partial charge in [-0.05, 0) is 37.6 Å². The van der Waals surface area contributed by atoms with Crippen molar-refractivity contribution in [3.05, 3.63) is 71.3 Å². The third kappa shape index (κ3) is 4.42. The van der Waals surface area contributed by atoms with Gasteiger partial charge in [0.1, 0.15) is 11.6 Å². The van der Waals surface area contributed by atoms with Gasteiger partial charge in [-0.15, -0.1) is 0 Å². The van der Waals surface area contributed by atoms with Gasteiger partial charge in [0.2, 0.25) is 0 Å². The number of carbonyl (C=O) groups is 1. The Morgan fingerprint density at radius 1 is 1.07 bits per heavy atom. The highest BCUT2D eigenvalue weighted by Crippen LogP contribution is 2.34. The van der Waals surface area contributed by atoms with Crippen molar-refractivity contribution in [1.82, 2.24) is 9.91 Å². The third-order valence-electron chi connectivity index (χ3n) is 5.46. The molecule has 1 fully saturated rings. The van der Waals surface area contributed by atoms with Crippen molar-refractivity contribution in [2.45, 2.75) is 38.5 Å². The second kappa shape index (κ2) is 8.62. The lowest BCUT2D eigenvalue weighted by Crippen LogP contribution is -2.49. The predicted molar refractivity (Wildman–Crippen MR) is 110 cm³/mol. The van der Waals surface area contributed by atoms with Crippen molar-refractivity contribution in [1.29, 1.82) is 0 Å². The predicted octanol–water partition coefficient (Wildman–Crippen LogP) is 3.75. The van der Waals surface area contributed by atoms with E-state index in [-0.39, 0.29) is 36.3 Å². The van der Waals surface area contributed by atoms with Gasteiger partial charge in [0.25, 0.3) is 5.91 Å². The average Bonchev–Trinajstić information content (AvgIpc) is 3.13. The zero-order valence-electron chi connectivity index (χ0n) is 17.1. The van der Waals surface area contributed by atoms with Crippen LogP contribution in [0.3, 0.4) is 0 Å². The van der Waals surface area contributed by atoms with Crippen molar-refractivity contribution in [3.8, 4) is 0 Å². The molecule has 0 spiro atoms. The van der Waals surface area contributed by atoms with Crippen molar-refractivity contribution >= 4 is 11.6 Å². The van der Waals surface area contributed by atoms with Gasteiger partial charge in [-0.2, -0.15) is 5.10 Å². The molecule has 158 valence electrons. The third-order valence-corrected chi connectivity index (χ3v) is 5.46. The molecule has 3 unspecified atom stereocenters. The Morgan fingerprint density at radius 3 is 2.40 bits per heavy atom. The number of hydrogen-bond acceptors (Lipinski definition) is 4. The van der Waals surface area contributed by atoms with Crippen LogP contribution < -0.4 is 0 Å². The summed E-state index contributed by atoms with van der Waals surface area (Å²) < 4.78 is 33.6. The number of nitrogens with zero attached hydrogens (tertiary/aromatic N) is 3. The Morgan fingerprint density at radius 2 is 1.73 bits per heavy atom. The van der Waals surface area contributed by atoms with Crippen LogP contribution in [0, 0.1) is 11.6 Å². The first kappa shape index (κ1) is 20.6. The van der Waals surface area contributed by atoms with Crippen molar-refractivity contribution < 1.29 is 18.3 Å². The van der Waals surface area contributed by atoms with E-state index < -0.39 is 6.04 Å². The van der Waals surface area contributed by atoms with Crippen LogP contribution in [0.2, 0.25) is 0 Å². The summed E-state index contributed by atoms with van der Waals surface area (Å²) in [5, 5.41) is 5.93. The van der Waals surface area contributed by atoms with Gasteiger partial charge in [0.15, 0.2) is 0 Å². The summed E-state index contributed by atoms with van der Waals surface area (Å²) in [6.07, 6.45) is 0.454. The van der Waals surface area contributed by atoms with Gasteiger partial charge in [0.05, 0.1) is 30.5 Å². The molecule has 2 heterocycles. The number of halogens is 2. The van der Waals surface area contributed by atoms with Gasteiger partial charge in [-0.3, -0.25) is 9.69 Å². The van der Waals surface area contributed by atoms with Crippen LogP contribution in [0.4, 0.5) is 8.78 Å². The standard InChI is InChI=1S/C23H25F2N3O2/c1-15-12-27(13-16(2)30-15)14-23(29)28-22(19-5-3-4-6-20(19)25)11-21(26-28)17-7-9-18(24)10-8-17/h3-10,15-16,22H,11-14H2,1-2H3. The van der Waals surface area contributed by atoms with E-state index >= 15 is 0 Å². The summed E-state index contributed by atoms with van der Waals surface area (Å²) in [4.78, 5) is 15.3. The quantitative estimate of drug-likeness (QED) is 0.767. The number of amides is 1. The lowest BCUT2D eigenvalue weighted by molar-refractivity contribution is -0.137. The normalized spacial score (nSPS) is 24.7. The van der Waals surface area contributed by atoms with Gasteiger partial charge in [-0.25, -0.2) is 13.8 Å². The van der Waals surface area contributed by atoms with Crippen LogP contribution in [-0.2, 0) is 9.53 Å². The Hall–Kier alpha value is -2.64. The lowest BCUT2D eigenvalue weighted by atomic mass is 9.98. The molecule has 0 saturated carbocycles. The molecule has 0 bridgehead atoms. The van der Waals surface area contributed by atoms with Gasteiger partial charge < -0.3 is 4.74 Å². The molecule has 2 aromatic rings. The fourth-order valence-corrected chi connectivity index (χ4v) is 4.22. The first-order chi connectivity index (χ1) is 14.4. The second-order valence-electron chi connectivity index (χ2n) is 7.98. The Bertz CT molecular complexity index is 938. The van der Waals surface area contributed by atoms with Crippen molar-refractivity contribution in [2.75, 3.05) is 19.6 Å². The van der Waals surface area contributed by atoms with Crippen molar-refractivity contribution in [2.24, 2.45) is 5.10 Å². The monoisotopic (exact) mass is 413 g/mol. The second-order valence-corrected chi connectivity index (χ2v) is 7.98. The van der Waals surface area contributed by atoms with E-state index in [2.05, 4.69) is 5.10 Å². The molecule has 5 nitrogen and oxygen atoms in total. The number of carbonyl (C=O) groups excluding carboxylic acids is 1. The number of rotatable bonds is 4. The van der Waals surface area contributed by atoms with E-state index in [0.29, 0.717) is 30.8 Å². The first-order valence-corrected chi connectivity index (χ1v) is 10.2. The molecule has 1 amide bonds. The maximum absolute atomic E-state index is 14.6. The minimum absolute atomic E-state index is 0.0424. The summed E-state index contributed by atoms with van der Waals surface area (Å²) in [5.41, 5.74) is 1.79. The summed E-state index contributed by atoms with van der Waals surface area (Å²) in [6.45, 7) is 5.46. The molecule has 0 N–H and O–H groups in total.